The van der Waals surface area contributed by atoms with Crippen LogP contribution in [-0.4, -0.2) is 19.6 Å². The number of nitrogens with one attached hydrogen (secondary N) is 1. The smallest absolute Gasteiger partial charge is 0.0770 e. The Morgan fingerprint density at radius 3 is 1.35 bits per heavy atom. The van der Waals surface area contributed by atoms with Gasteiger partial charge < -0.3 is 21.9 Å². The third-order valence-corrected chi connectivity index (χ3v) is 5.44. The third kappa shape index (κ3) is 15.7. The average Bonchev–Trinajstić information content (AvgIpc) is 2.56. The first-order valence-corrected chi connectivity index (χ1v) is 10.8. The molecule has 0 saturated carbocycles. The minimum atomic E-state index is 0. The zero-order valence-electron chi connectivity index (χ0n) is 16.0. The Kier molecular flexibility index (Phi) is 19.1. The summed E-state index contributed by atoms with van der Waals surface area (Å²) >= 11 is 0. The van der Waals surface area contributed by atoms with E-state index in [1.165, 1.54) is 129 Å². The Morgan fingerprint density at radius 2 is 0.913 bits per heavy atom. The van der Waals surface area contributed by atoms with Gasteiger partial charge in [0.15, 0.2) is 0 Å². The van der Waals surface area contributed by atoms with Gasteiger partial charge in [0, 0.05) is 0 Å². The molecule has 0 atom stereocenters. The van der Waals surface area contributed by atoms with Gasteiger partial charge >= 0.3 is 0 Å². The SMILES string of the molecule is CCCCCCCCCCCCCCCC[NH+]1CCCCC1.[Br-]. The number of hydrogen-bond donors (Lipinski definition) is 1. The highest BCUT2D eigenvalue weighted by molar-refractivity contribution is 4.50. The molecule has 1 N–H and O–H groups in total. The summed E-state index contributed by atoms with van der Waals surface area (Å²) in [5.74, 6) is 0. The van der Waals surface area contributed by atoms with E-state index < -0.39 is 0 Å². The first-order valence-electron chi connectivity index (χ1n) is 10.8. The first kappa shape index (κ1) is 23.4. The molecule has 1 aliphatic heterocycles. The van der Waals surface area contributed by atoms with Crippen LogP contribution in [0, 0.1) is 0 Å². The van der Waals surface area contributed by atoms with Crippen LogP contribution >= 0.6 is 0 Å². The van der Waals surface area contributed by atoms with Gasteiger partial charge in [0.2, 0.25) is 0 Å². The lowest BCUT2D eigenvalue weighted by atomic mass is 10.0. The van der Waals surface area contributed by atoms with Crippen LogP contribution in [0.25, 0.3) is 0 Å². The molecule has 140 valence electrons. The molecule has 0 bridgehead atoms. The van der Waals surface area contributed by atoms with Gasteiger partial charge in [-0.1, -0.05) is 84.0 Å². The maximum absolute atomic E-state index is 2.30. The predicted molar refractivity (Wildman–Crippen MR) is 99.7 cm³/mol. The number of likely N-dealkylation sites (tertiary alicyclic amines) is 1. The van der Waals surface area contributed by atoms with Crippen molar-refractivity contribution in [3.8, 4) is 0 Å². The molecular formula is C21H44BrN. The number of piperidine rings is 1. The van der Waals surface area contributed by atoms with E-state index in [0.717, 1.165) is 0 Å². The summed E-state index contributed by atoms with van der Waals surface area (Å²) in [7, 11) is 0. The fourth-order valence-corrected chi connectivity index (χ4v) is 3.87. The van der Waals surface area contributed by atoms with Crippen molar-refractivity contribution in [3.05, 3.63) is 0 Å². The van der Waals surface area contributed by atoms with Crippen molar-refractivity contribution in [2.24, 2.45) is 0 Å². The Bertz CT molecular complexity index is 214. The molecule has 1 fully saturated rings. The molecule has 0 unspecified atom stereocenters. The molecule has 0 aromatic heterocycles. The lowest BCUT2D eigenvalue weighted by molar-refractivity contribution is -0.905. The minimum absolute atomic E-state index is 0. The summed E-state index contributed by atoms with van der Waals surface area (Å²) in [4.78, 5) is 1.89. The molecular weight excluding hydrogens is 346 g/mol. The van der Waals surface area contributed by atoms with E-state index in [-0.39, 0.29) is 17.0 Å². The van der Waals surface area contributed by atoms with Gasteiger partial charge in [-0.05, 0) is 32.1 Å². The molecule has 1 heterocycles. The van der Waals surface area contributed by atoms with Crippen LogP contribution in [0.5, 0.6) is 0 Å². The van der Waals surface area contributed by atoms with Gasteiger partial charge in [-0.25, -0.2) is 0 Å². The van der Waals surface area contributed by atoms with Crippen molar-refractivity contribution in [1.29, 1.82) is 0 Å². The summed E-state index contributed by atoms with van der Waals surface area (Å²) in [6.45, 7) is 6.67. The van der Waals surface area contributed by atoms with Crippen LogP contribution in [0.4, 0.5) is 0 Å². The second-order valence-corrected chi connectivity index (χ2v) is 7.66. The maximum atomic E-state index is 2.30. The van der Waals surface area contributed by atoms with E-state index in [1.807, 2.05) is 4.90 Å². The van der Waals surface area contributed by atoms with Crippen LogP contribution in [0.2, 0.25) is 0 Å². The third-order valence-electron chi connectivity index (χ3n) is 5.44. The van der Waals surface area contributed by atoms with Crippen LogP contribution in [0.1, 0.15) is 116 Å². The lowest BCUT2D eigenvalue weighted by Gasteiger charge is -2.23. The highest BCUT2D eigenvalue weighted by Gasteiger charge is 2.11. The summed E-state index contributed by atoms with van der Waals surface area (Å²) < 4.78 is 0. The summed E-state index contributed by atoms with van der Waals surface area (Å²) in [6.07, 6.45) is 25.1. The topological polar surface area (TPSA) is 4.44 Å². The van der Waals surface area contributed by atoms with Crippen molar-refractivity contribution in [3.63, 3.8) is 0 Å². The van der Waals surface area contributed by atoms with Crippen LogP contribution in [0.15, 0.2) is 0 Å². The predicted octanol–water partition coefficient (Wildman–Crippen LogP) is 2.54. The van der Waals surface area contributed by atoms with E-state index in [2.05, 4.69) is 6.92 Å². The number of hydrogen-bond acceptors (Lipinski definition) is 0. The largest absolute Gasteiger partial charge is 1.00 e. The number of rotatable bonds is 15. The molecule has 0 aromatic carbocycles. The maximum Gasteiger partial charge on any atom is 0.0770 e. The summed E-state index contributed by atoms with van der Waals surface area (Å²) in [6, 6.07) is 0. The van der Waals surface area contributed by atoms with Gasteiger partial charge in [-0.2, -0.15) is 0 Å². The molecule has 0 aliphatic carbocycles. The fourth-order valence-electron chi connectivity index (χ4n) is 3.87. The van der Waals surface area contributed by atoms with Crippen LogP contribution in [0.3, 0.4) is 0 Å². The molecule has 23 heavy (non-hydrogen) atoms. The fraction of sp³-hybridized carbons (Fsp3) is 1.00. The average molecular weight is 390 g/mol. The standard InChI is InChI=1S/C21H43N.BrH/c1-2-3-4-5-6-7-8-9-10-11-12-13-14-16-19-22-20-17-15-18-21-22;/h2-21H2,1H3;1H. The zero-order chi connectivity index (χ0) is 15.7. The first-order chi connectivity index (χ1) is 10.9. The van der Waals surface area contributed by atoms with Crippen molar-refractivity contribution >= 4 is 0 Å². The quantitative estimate of drug-likeness (QED) is 0.410. The van der Waals surface area contributed by atoms with Gasteiger partial charge in [0.1, 0.15) is 0 Å². The van der Waals surface area contributed by atoms with Crippen molar-refractivity contribution in [1.82, 2.24) is 0 Å². The number of unbranched alkanes of at least 4 members (excludes halogenated alkanes) is 13. The molecule has 0 spiro atoms. The summed E-state index contributed by atoms with van der Waals surface area (Å²) in [5, 5.41) is 0. The van der Waals surface area contributed by atoms with Crippen molar-refractivity contribution < 1.29 is 21.9 Å². The minimum Gasteiger partial charge on any atom is -1.00 e. The second-order valence-electron chi connectivity index (χ2n) is 7.66. The summed E-state index contributed by atoms with van der Waals surface area (Å²) in [5.41, 5.74) is 0. The Labute approximate surface area is 157 Å². The molecule has 1 nitrogen and oxygen atoms in total. The molecule has 0 radical (unpaired) electrons. The Morgan fingerprint density at radius 1 is 0.522 bits per heavy atom. The molecule has 1 aliphatic rings. The van der Waals surface area contributed by atoms with Crippen LogP contribution < -0.4 is 21.9 Å². The highest BCUT2D eigenvalue weighted by Crippen LogP contribution is 2.12. The Hall–Kier alpha value is 0.440. The molecule has 1 rings (SSSR count). The molecule has 2 heteroatoms. The number of halogens is 1. The number of quaternary nitrogens is 1. The lowest BCUT2D eigenvalue weighted by Crippen LogP contribution is -3.12. The monoisotopic (exact) mass is 389 g/mol. The van der Waals surface area contributed by atoms with Gasteiger partial charge in [0.05, 0.1) is 19.6 Å². The normalized spacial score (nSPS) is 15.5. The van der Waals surface area contributed by atoms with Crippen LogP contribution in [-0.2, 0) is 0 Å². The molecule has 1 saturated heterocycles. The van der Waals surface area contributed by atoms with Crippen molar-refractivity contribution in [2.75, 3.05) is 19.6 Å². The second kappa shape index (κ2) is 18.8. The van der Waals surface area contributed by atoms with E-state index in [9.17, 15) is 0 Å². The van der Waals surface area contributed by atoms with Crippen molar-refractivity contribution in [2.45, 2.75) is 116 Å². The molecule has 0 amide bonds. The Balaban J connectivity index is 0.00000484. The zero-order valence-corrected chi connectivity index (χ0v) is 17.6. The van der Waals surface area contributed by atoms with E-state index in [0.29, 0.717) is 0 Å². The van der Waals surface area contributed by atoms with E-state index in [1.54, 1.807) is 0 Å². The van der Waals surface area contributed by atoms with E-state index in [4.69, 9.17) is 0 Å². The van der Waals surface area contributed by atoms with E-state index >= 15 is 0 Å². The van der Waals surface area contributed by atoms with Gasteiger partial charge in [0.25, 0.3) is 0 Å². The molecule has 0 aromatic rings. The van der Waals surface area contributed by atoms with Gasteiger partial charge in [-0.15, -0.1) is 0 Å². The highest BCUT2D eigenvalue weighted by atomic mass is 79.9. The van der Waals surface area contributed by atoms with Gasteiger partial charge in [-0.3, -0.25) is 0 Å².